The van der Waals surface area contributed by atoms with Gasteiger partial charge in [0.1, 0.15) is 0 Å². The second-order valence-electron chi connectivity index (χ2n) is 6.65. The summed E-state index contributed by atoms with van der Waals surface area (Å²) in [5.74, 6) is -0.103. The van der Waals surface area contributed by atoms with Gasteiger partial charge in [0.05, 0.1) is 12.2 Å². The maximum Gasteiger partial charge on any atom is 0.317 e. The number of morpholine rings is 1. The van der Waals surface area contributed by atoms with E-state index in [9.17, 15) is 9.59 Å². The molecule has 0 spiro atoms. The number of carbonyl (C=O) groups excluding carboxylic acids is 2. The van der Waals surface area contributed by atoms with E-state index in [2.05, 4.69) is 10.6 Å². The Morgan fingerprint density at radius 1 is 1.25 bits per heavy atom. The minimum atomic E-state index is -0.103. The summed E-state index contributed by atoms with van der Waals surface area (Å²) in [6.45, 7) is 9.35. The van der Waals surface area contributed by atoms with E-state index >= 15 is 0 Å². The zero-order valence-corrected chi connectivity index (χ0v) is 14.8. The van der Waals surface area contributed by atoms with Crippen LogP contribution in [0.25, 0.3) is 0 Å². The molecule has 2 N–H and O–H groups in total. The van der Waals surface area contributed by atoms with Crippen LogP contribution in [0.5, 0.6) is 0 Å². The fourth-order valence-corrected chi connectivity index (χ4v) is 2.80. The Kier molecular flexibility index (Phi) is 6.20. The molecular formula is C18H27N3O3. The van der Waals surface area contributed by atoms with Gasteiger partial charge in [-0.1, -0.05) is 12.1 Å². The lowest BCUT2D eigenvalue weighted by Gasteiger charge is -2.35. The quantitative estimate of drug-likeness (QED) is 0.887. The fraction of sp³-hybridized carbons (Fsp3) is 0.556. The first-order valence-electron chi connectivity index (χ1n) is 8.43. The van der Waals surface area contributed by atoms with Crippen molar-refractivity contribution in [2.24, 2.45) is 0 Å². The lowest BCUT2D eigenvalue weighted by molar-refractivity contribution is -0.0545. The predicted octanol–water partition coefficient (Wildman–Crippen LogP) is 2.14. The Morgan fingerprint density at radius 2 is 1.92 bits per heavy atom. The van der Waals surface area contributed by atoms with E-state index in [0.717, 1.165) is 5.56 Å². The molecule has 24 heavy (non-hydrogen) atoms. The molecule has 0 aromatic heterocycles. The van der Waals surface area contributed by atoms with Gasteiger partial charge in [-0.25, -0.2) is 4.79 Å². The molecule has 0 aliphatic carbocycles. The van der Waals surface area contributed by atoms with E-state index in [4.69, 9.17) is 4.74 Å². The molecule has 1 heterocycles. The second-order valence-corrected chi connectivity index (χ2v) is 6.65. The first kappa shape index (κ1) is 18.3. The molecule has 2 rings (SSSR count). The Hall–Kier alpha value is -2.08. The van der Waals surface area contributed by atoms with E-state index in [1.165, 1.54) is 0 Å². The van der Waals surface area contributed by atoms with Crippen LogP contribution < -0.4 is 10.6 Å². The average molecular weight is 333 g/mol. The second kappa shape index (κ2) is 8.15. The third-order valence-electron chi connectivity index (χ3n) is 3.76. The minimum Gasteiger partial charge on any atom is -0.372 e. The molecule has 3 amide bonds. The summed E-state index contributed by atoms with van der Waals surface area (Å²) >= 11 is 0. The first-order chi connectivity index (χ1) is 11.3. The van der Waals surface area contributed by atoms with E-state index in [1.807, 2.05) is 45.9 Å². The summed E-state index contributed by atoms with van der Waals surface area (Å²) in [5, 5.41) is 5.78. The summed E-state index contributed by atoms with van der Waals surface area (Å²) in [7, 11) is 0. The molecule has 132 valence electrons. The van der Waals surface area contributed by atoms with Gasteiger partial charge in [-0.3, -0.25) is 4.79 Å². The third kappa shape index (κ3) is 5.23. The van der Waals surface area contributed by atoms with Gasteiger partial charge in [-0.05, 0) is 45.4 Å². The van der Waals surface area contributed by atoms with Gasteiger partial charge < -0.3 is 20.3 Å². The van der Waals surface area contributed by atoms with Crippen LogP contribution in [0.15, 0.2) is 24.3 Å². The molecule has 1 aromatic rings. The van der Waals surface area contributed by atoms with E-state index in [-0.39, 0.29) is 30.2 Å². The Morgan fingerprint density at radius 3 is 2.54 bits per heavy atom. The van der Waals surface area contributed by atoms with Gasteiger partial charge in [-0.15, -0.1) is 0 Å². The van der Waals surface area contributed by atoms with Crippen LogP contribution >= 0.6 is 0 Å². The van der Waals surface area contributed by atoms with Gasteiger partial charge in [0.2, 0.25) is 0 Å². The van der Waals surface area contributed by atoms with Crippen molar-refractivity contribution in [2.45, 2.75) is 52.5 Å². The lowest BCUT2D eigenvalue weighted by Crippen LogP contribution is -2.51. The number of amides is 3. The Bertz CT molecular complexity index is 579. The van der Waals surface area contributed by atoms with Crippen molar-refractivity contribution in [3.05, 3.63) is 35.4 Å². The highest BCUT2D eigenvalue weighted by molar-refractivity contribution is 5.94. The topological polar surface area (TPSA) is 70.7 Å². The number of ether oxygens (including phenoxy) is 1. The molecule has 6 nitrogen and oxygen atoms in total. The number of urea groups is 1. The van der Waals surface area contributed by atoms with Crippen molar-refractivity contribution in [1.29, 1.82) is 0 Å². The highest BCUT2D eigenvalue weighted by atomic mass is 16.5. The van der Waals surface area contributed by atoms with Crippen molar-refractivity contribution in [2.75, 3.05) is 13.1 Å². The molecule has 0 bridgehead atoms. The third-order valence-corrected chi connectivity index (χ3v) is 3.76. The lowest BCUT2D eigenvalue weighted by atomic mass is 10.1. The normalized spacial score (nSPS) is 20.8. The number of benzene rings is 1. The molecule has 2 atom stereocenters. The number of nitrogens with zero attached hydrogens (tertiary/aromatic N) is 1. The van der Waals surface area contributed by atoms with E-state index in [1.54, 1.807) is 11.0 Å². The molecule has 1 aliphatic rings. The molecule has 1 fully saturated rings. The standard InChI is InChI=1S/C18H27N3O3/c1-12(2)20-17(22)16-7-5-6-15(8-16)9-19-18(23)21-10-13(3)24-14(4)11-21/h5-8,12-14H,9-11H2,1-4H3,(H,19,23)(H,20,22)/t13-,14-/m0/s1. The first-order valence-corrected chi connectivity index (χ1v) is 8.43. The monoisotopic (exact) mass is 333 g/mol. The number of hydrogen-bond donors (Lipinski definition) is 2. The van der Waals surface area contributed by atoms with Crippen LogP contribution in [0, 0.1) is 0 Å². The van der Waals surface area contributed by atoms with Crippen LogP contribution in [0.4, 0.5) is 4.79 Å². The molecule has 6 heteroatoms. The number of rotatable bonds is 4. The van der Waals surface area contributed by atoms with Crippen molar-refractivity contribution < 1.29 is 14.3 Å². The minimum absolute atomic E-state index is 0.0440. The zero-order valence-electron chi connectivity index (χ0n) is 14.8. The van der Waals surface area contributed by atoms with Gasteiger partial charge in [0.15, 0.2) is 0 Å². The molecule has 1 aromatic carbocycles. The molecule has 0 saturated carbocycles. The van der Waals surface area contributed by atoms with Crippen LogP contribution in [-0.2, 0) is 11.3 Å². The van der Waals surface area contributed by atoms with E-state index < -0.39 is 0 Å². The van der Waals surface area contributed by atoms with Crippen LogP contribution in [0.2, 0.25) is 0 Å². The van der Waals surface area contributed by atoms with Crippen molar-refractivity contribution >= 4 is 11.9 Å². The SMILES string of the molecule is CC(C)NC(=O)c1cccc(CNC(=O)N2C[C@H](C)O[C@@H](C)C2)c1. The maximum atomic E-state index is 12.3. The van der Waals surface area contributed by atoms with Crippen LogP contribution in [0.1, 0.15) is 43.6 Å². The fourth-order valence-electron chi connectivity index (χ4n) is 2.80. The Labute approximate surface area is 143 Å². The molecule has 0 unspecified atom stereocenters. The summed E-state index contributed by atoms with van der Waals surface area (Å²) in [6, 6.07) is 7.30. The van der Waals surface area contributed by atoms with Gasteiger partial charge in [0.25, 0.3) is 5.91 Å². The zero-order chi connectivity index (χ0) is 17.7. The predicted molar refractivity (Wildman–Crippen MR) is 92.9 cm³/mol. The van der Waals surface area contributed by atoms with Crippen LogP contribution in [-0.4, -0.2) is 48.2 Å². The van der Waals surface area contributed by atoms with Crippen LogP contribution in [0.3, 0.4) is 0 Å². The summed E-state index contributed by atoms with van der Waals surface area (Å²) in [5.41, 5.74) is 1.50. The number of nitrogens with one attached hydrogen (secondary N) is 2. The summed E-state index contributed by atoms with van der Waals surface area (Å²) in [6.07, 6.45) is 0.0881. The summed E-state index contributed by atoms with van der Waals surface area (Å²) < 4.78 is 5.64. The highest BCUT2D eigenvalue weighted by Gasteiger charge is 2.25. The average Bonchev–Trinajstić information content (AvgIpc) is 2.51. The molecule has 1 saturated heterocycles. The van der Waals surface area contributed by atoms with Crippen molar-refractivity contribution in [1.82, 2.24) is 15.5 Å². The van der Waals surface area contributed by atoms with Crippen molar-refractivity contribution in [3.63, 3.8) is 0 Å². The molecule has 0 radical (unpaired) electrons. The maximum absolute atomic E-state index is 12.3. The number of carbonyl (C=O) groups is 2. The highest BCUT2D eigenvalue weighted by Crippen LogP contribution is 2.11. The molecule has 1 aliphatic heterocycles. The largest absolute Gasteiger partial charge is 0.372 e. The van der Waals surface area contributed by atoms with Crippen molar-refractivity contribution in [3.8, 4) is 0 Å². The number of hydrogen-bond acceptors (Lipinski definition) is 3. The van der Waals surface area contributed by atoms with Gasteiger partial charge in [0, 0.05) is 31.2 Å². The summed E-state index contributed by atoms with van der Waals surface area (Å²) in [4.78, 5) is 26.1. The Balaban J connectivity index is 1.92. The molecular weight excluding hydrogens is 306 g/mol. The van der Waals surface area contributed by atoms with E-state index in [0.29, 0.717) is 25.2 Å². The van der Waals surface area contributed by atoms with Gasteiger partial charge >= 0.3 is 6.03 Å². The smallest absolute Gasteiger partial charge is 0.317 e. The van der Waals surface area contributed by atoms with Gasteiger partial charge in [-0.2, -0.15) is 0 Å².